The van der Waals surface area contributed by atoms with Crippen LogP contribution in [0.3, 0.4) is 0 Å². The first-order chi connectivity index (χ1) is 7.59. The predicted molar refractivity (Wildman–Crippen MR) is 63.8 cm³/mol. The van der Waals surface area contributed by atoms with Crippen molar-refractivity contribution in [2.24, 2.45) is 5.73 Å². The molecule has 0 saturated carbocycles. The second-order valence-electron chi connectivity index (χ2n) is 4.66. The predicted octanol–water partition coefficient (Wildman–Crippen LogP) is 1.31. The Balaban J connectivity index is 2.33. The Kier molecular flexibility index (Phi) is 2.97. The van der Waals surface area contributed by atoms with Crippen LogP contribution in [-0.2, 0) is 17.8 Å². The zero-order valence-electron chi connectivity index (χ0n) is 9.81. The Labute approximate surface area is 96.2 Å². The number of amides is 1. The molecular formula is C13H18N2O. The zero-order chi connectivity index (χ0) is 11.7. The first-order valence-corrected chi connectivity index (χ1v) is 5.71. The molecule has 1 atom stereocenters. The molecule has 16 heavy (non-hydrogen) atoms. The molecule has 0 spiro atoms. The maximum atomic E-state index is 11.5. The fourth-order valence-corrected chi connectivity index (χ4v) is 2.35. The molecule has 1 amide bonds. The molecule has 2 rings (SSSR count). The molecule has 1 aliphatic rings. The van der Waals surface area contributed by atoms with Gasteiger partial charge in [0.15, 0.2) is 0 Å². The normalized spacial score (nSPS) is 20.8. The van der Waals surface area contributed by atoms with Gasteiger partial charge >= 0.3 is 0 Å². The number of carbonyl (C=O) groups excluding carboxylic acids is 1. The highest BCUT2D eigenvalue weighted by Crippen LogP contribution is 2.24. The maximum absolute atomic E-state index is 11.5. The maximum Gasteiger partial charge on any atom is 0.235 e. The van der Waals surface area contributed by atoms with Gasteiger partial charge in [-0.15, -0.1) is 0 Å². The third kappa shape index (κ3) is 1.95. The number of hydrogen-bond acceptors (Lipinski definition) is 2. The molecule has 1 aromatic rings. The van der Waals surface area contributed by atoms with Crippen LogP contribution in [0.5, 0.6) is 0 Å². The average Bonchev–Trinajstić information content (AvgIpc) is 2.27. The third-order valence-corrected chi connectivity index (χ3v) is 3.28. The van der Waals surface area contributed by atoms with E-state index in [1.807, 2.05) is 12.1 Å². The van der Waals surface area contributed by atoms with Gasteiger partial charge < -0.3 is 5.73 Å². The van der Waals surface area contributed by atoms with Crippen molar-refractivity contribution < 1.29 is 4.79 Å². The molecule has 0 aliphatic carbocycles. The Morgan fingerprint density at radius 2 is 2.00 bits per heavy atom. The Hall–Kier alpha value is -1.35. The SMILES string of the molecule is CC(C)N1Cc2ccccc2C[C@@H]1C(N)=O. The fraction of sp³-hybridized carbons (Fsp3) is 0.462. The minimum atomic E-state index is -0.219. The van der Waals surface area contributed by atoms with Crippen LogP contribution in [0.4, 0.5) is 0 Å². The van der Waals surface area contributed by atoms with E-state index in [1.54, 1.807) is 0 Å². The summed E-state index contributed by atoms with van der Waals surface area (Å²) in [6, 6.07) is 8.45. The van der Waals surface area contributed by atoms with Crippen LogP contribution in [0, 0.1) is 0 Å². The van der Waals surface area contributed by atoms with Crippen molar-refractivity contribution in [1.82, 2.24) is 4.90 Å². The summed E-state index contributed by atoms with van der Waals surface area (Å²) in [6.45, 7) is 5.02. The molecule has 0 radical (unpaired) electrons. The summed E-state index contributed by atoms with van der Waals surface area (Å²) in [5, 5.41) is 0. The van der Waals surface area contributed by atoms with Gasteiger partial charge in [0.2, 0.25) is 5.91 Å². The average molecular weight is 218 g/mol. The quantitative estimate of drug-likeness (QED) is 0.813. The number of hydrogen-bond donors (Lipinski definition) is 1. The lowest BCUT2D eigenvalue weighted by Gasteiger charge is -2.37. The number of fused-ring (bicyclic) bond motifs is 1. The molecule has 0 unspecified atom stereocenters. The van der Waals surface area contributed by atoms with Gasteiger partial charge in [0, 0.05) is 12.6 Å². The van der Waals surface area contributed by atoms with Crippen molar-refractivity contribution in [3.05, 3.63) is 35.4 Å². The summed E-state index contributed by atoms with van der Waals surface area (Å²) >= 11 is 0. The van der Waals surface area contributed by atoms with Gasteiger partial charge in [-0.2, -0.15) is 0 Å². The van der Waals surface area contributed by atoms with Gasteiger partial charge in [-0.25, -0.2) is 0 Å². The summed E-state index contributed by atoms with van der Waals surface area (Å²) in [5.74, 6) is -0.219. The molecule has 3 heteroatoms. The number of nitrogens with zero attached hydrogens (tertiary/aromatic N) is 1. The van der Waals surface area contributed by atoms with E-state index in [9.17, 15) is 4.79 Å². The number of rotatable bonds is 2. The molecule has 0 bridgehead atoms. The van der Waals surface area contributed by atoms with Gasteiger partial charge in [0.1, 0.15) is 0 Å². The molecule has 0 fully saturated rings. The topological polar surface area (TPSA) is 46.3 Å². The van der Waals surface area contributed by atoms with E-state index in [1.165, 1.54) is 11.1 Å². The monoisotopic (exact) mass is 218 g/mol. The van der Waals surface area contributed by atoms with Gasteiger partial charge in [0.25, 0.3) is 0 Å². The van der Waals surface area contributed by atoms with Gasteiger partial charge in [-0.3, -0.25) is 9.69 Å². The number of nitrogens with two attached hydrogens (primary N) is 1. The zero-order valence-corrected chi connectivity index (χ0v) is 9.81. The smallest absolute Gasteiger partial charge is 0.235 e. The van der Waals surface area contributed by atoms with Gasteiger partial charge in [0.05, 0.1) is 6.04 Å². The van der Waals surface area contributed by atoms with Crippen LogP contribution >= 0.6 is 0 Å². The minimum absolute atomic E-state index is 0.158. The van der Waals surface area contributed by atoms with E-state index in [-0.39, 0.29) is 11.9 Å². The first kappa shape index (κ1) is 11.1. The Bertz CT molecular complexity index is 401. The molecule has 86 valence electrons. The fourth-order valence-electron chi connectivity index (χ4n) is 2.35. The summed E-state index contributed by atoms with van der Waals surface area (Å²) < 4.78 is 0. The highest BCUT2D eigenvalue weighted by atomic mass is 16.1. The van der Waals surface area contributed by atoms with Crippen LogP contribution in [0.1, 0.15) is 25.0 Å². The minimum Gasteiger partial charge on any atom is -0.368 e. The van der Waals surface area contributed by atoms with Gasteiger partial charge in [-0.05, 0) is 31.4 Å². The van der Waals surface area contributed by atoms with Crippen LogP contribution in [0.25, 0.3) is 0 Å². The lowest BCUT2D eigenvalue weighted by Crippen LogP contribution is -2.51. The molecule has 0 aromatic heterocycles. The van der Waals surface area contributed by atoms with Crippen molar-refractivity contribution in [2.75, 3.05) is 0 Å². The van der Waals surface area contributed by atoms with Crippen molar-refractivity contribution >= 4 is 5.91 Å². The van der Waals surface area contributed by atoms with E-state index in [0.29, 0.717) is 6.04 Å². The van der Waals surface area contributed by atoms with Crippen molar-refractivity contribution in [1.29, 1.82) is 0 Å². The third-order valence-electron chi connectivity index (χ3n) is 3.28. The van der Waals surface area contributed by atoms with E-state index in [2.05, 4.69) is 30.9 Å². The standard InChI is InChI=1S/C13H18N2O/c1-9(2)15-8-11-6-4-3-5-10(11)7-12(15)13(14)16/h3-6,9,12H,7-8H2,1-2H3,(H2,14,16)/t12-/m1/s1. The largest absolute Gasteiger partial charge is 0.368 e. The van der Waals surface area contributed by atoms with E-state index < -0.39 is 0 Å². The van der Waals surface area contributed by atoms with Gasteiger partial charge in [-0.1, -0.05) is 24.3 Å². The second-order valence-corrected chi connectivity index (χ2v) is 4.66. The lowest BCUT2D eigenvalue weighted by atomic mass is 9.92. The Morgan fingerprint density at radius 3 is 2.56 bits per heavy atom. The first-order valence-electron chi connectivity index (χ1n) is 5.71. The molecule has 1 aromatic carbocycles. The summed E-state index contributed by atoms with van der Waals surface area (Å²) in [6.07, 6.45) is 0.740. The van der Waals surface area contributed by atoms with Crippen molar-refractivity contribution in [3.8, 4) is 0 Å². The summed E-state index contributed by atoms with van der Waals surface area (Å²) in [4.78, 5) is 13.6. The molecule has 3 nitrogen and oxygen atoms in total. The van der Waals surface area contributed by atoms with E-state index in [4.69, 9.17) is 5.73 Å². The molecule has 1 heterocycles. The summed E-state index contributed by atoms with van der Waals surface area (Å²) in [5.41, 5.74) is 8.04. The molecular weight excluding hydrogens is 200 g/mol. The van der Waals surface area contributed by atoms with Crippen LogP contribution in [0.15, 0.2) is 24.3 Å². The van der Waals surface area contributed by atoms with Crippen molar-refractivity contribution in [2.45, 2.75) is 38.9 Å². The van der Waals surface area contributed by atoms with Crippen LogP contribution in [-0.4, -0.2) is 22.9 Å². The molecule has 1 aliphatic heterocycles. The second kappa shape index (κ2) is 4.26. The number of benzene rings is 1. The lowest BCUT2D eigenvalue weighted by molar-refractivity contribution is -0.124. The number of primary amides is 1. The molecule has 0 saturated heterocycles. The highest BCUT2D eigenvalue weighted by Gasteiger charge is 2.31. The Morgan fingerprint density at radius 1 is 1.38 bits per heavy atom. The highest BCUT2D eigenvalue weighted by molar-refractivity contribution is 5.80. The van der Waals surface area contributed by atoms with Crippen LogP contribution in [0.2, 0.25) is 0 Å². The molecule has 2 N–H and O–H groups in total. The van der Waals surface area contributed by atoms with Crippen molar-refractivity contribution in [3.63, 3.8) is 0 Å². The van der Waals surface area contributed by atoms with E-state index in [0.717, 1.165) is 13.0 Å². The number of carbonyl (C=O) groups is 1. The van der Waals surface area contributed by atoms with Crippen LogP contribution < -0.4 is 5.73 Å². The van der Waals surface area contributed by atoms with E-state index >= 15 is 0 Å². The summed E-state index contributed by atoms with van der Waals surface area (Å²) in [7, 11) is 0.